The summed E-state index contributed by atoms with van der Waals surface area (Å²) in [5.74, 6) is -3.10. The summed E-state index contributed by atoms with van der Waals surface area (Å²) < 4.78 is 30.3. The third-order valence-corrected chi connectivity index (χ3v) is 10.5. The number of ether oxygens (including phenoxy) is 5. The van der Waals surface area contributed by atoms with Crippen molar-refractivity contribution in [1.29, 1.82) is 0 Å². The SMILES string of the molecule is CN(C(=O)C1=CC2OC3(Cc4ccccc4C3)OC2C(OC(=O)c2ccccc2C=COCCO)C1)C(Cc1ccccc1)C(=O)NC(CO)CCC(=O)OC(C)(C)C. The van der Waals surface area contributed by atoms with Crippen LogP contribution in [0.3, 0.4) is 0 Å². The Kier molecular flexibility index (Phi) is 14.0. The molecule has 0 aromatic heterocycles. The molecule has 13 heteroatoms. The zero-order valence-electron chi connectivity index (χ0n) is 34.0. The first-order valence-electron chi connectivity index (χ1n) is 20.0. The molecule has 5 atom stereocenters. The first kappa shape index (κ1) is 43.2. The first-order chi connectivity index (χ1) is 28.3. The van der Waals surface area contributed by atoms with E-state index in [0.29, 0.717) is 18.4 Å². The quantitative estimate of drug-likeness (QED) is 0.106. The van der Waals surface area contributed by atoms with E-state index in [1.54, 1.807) is 64.2 Å². The summed E-state index contributed by atoms with van der Waals surface area (Å²) in [4.78, 5) is 56.5. The molecule has 2 amide bonds. The van der Waals surface area contributed by atoms with Gasteiger partial charge < -0.3 is 44.1 Å². The number of carbonyl (C=O) groups excluding carboxylic acids is 4. The fourth-order valence-electron chi connectivity index (χ4n) is 7.73. The Morgan fingerprint density at radius 3 is 2.31 bits per heavy atom. The molecule has 314 valence electrons. The summed E-state index contributed by atoms with van der Waals surface area (Å²) >= 11 is 0. The predicted octanol–water partition coefficient (Wildman–Crippen LogP) is 4.47. The van der Waals surface area contributed by atoms with Crippen LogP contribution in [0.5, 0.6) is 0 Å². The number of esters is 2. The maximum atomic E-state index is 14.6. The van der Waals surface area contributed by atoms with Crippen LogP contribution in [0.1, 0.15) is 72.6 Å². The van der Waals surface area contributed by atoms with Gasteiger partial charge in [-0.05, 0) is 67.7 Å². The number of likely N-dealkylation sites (N-methyl/N-ethyl adjacent to an activating group) is 1. The van der Waals surface area contributed by atoms with Gasteiger partial charge in [-0.3, -0.25) is 14.4 Å². The van der Waals surface area contributed by atoms with Crippen molar-refractivity contribution in [3.63, 3.8) is 0 Å². The van der Waals surface area contributed by atoms with E-state index in [-0.39, 0.29) is 50.0 Å². The predicted molar refractivity (Wildman–Crippen MR) is 218 cm³/mol. The monoisotopic (exact) mass is 810 g/mol. The summed E-state index contributed by atoms with van der Waals surface area (Å²) in [6, 6.07) is 22.3. The van der Waals surface area contributed by atoms with Crippen LogP contribution in [0.2, 0.25) is 0 Å². The number of nitrogens with one attached hydrogen (secondary N) is 1. The maximum Gasteiger partial charge on any atom is 0.339 e. The summed E-state index contributed by atoms with van der Waals surface area (Å²) in [6.07, 6.45) is 3.50. The summed E-state index contributed by atoms with van der Waals surface area (Å²) in [5, 5.41) is 22.1. The number of amides is 2. The lowest BCUT2D eigenvalue weighted by atomic mass is 9.90. The highest BCUT2D eigenvalue weighted by molar-refractivity contribution is 5.98. The summed E-state index contributed by atoms with van der Waals surface area (Å²) in [7, 11) is 1.54. The van der Waals surface area contributed by atoms with Gasteiger partial charge in [-0.15, -0.1) is 0 Å². The molecule has 1 heterocycles. The molecule has 59 heavy (non-hydrogen) atoms. The highest BCUT2D eigenvalue weighted by Gasteiger charge is 2.55. The van der Waals surface area contributed by atoms with Crippen LogP contribution < -0.4 is 5.32 Å². The van der Waals surface area contributed by atoms with Crippen molar-refractivity contribution < 1.29 is 53.1 Å². The highest BCUT2D eigenvalue weighted by Crippen LogP contribution is 2.45. The molecule has 0 saturated carbocycles. The van der Waals surface area contributed by atoms with Crippen LogP contribution in [0.4, 0.5) is 0 Å². The molecule has 1 fully saturated rings. The van der Waals surface area contributed by atoms with E-state index in [2.05, 4.69) is 5.32 Å². The van der Waals surface area contributed by atoms with Crippen LogP contribution in [0.25, 0.3) is 6.08 Å². The maximum absolute atomic E-state index is 14.6. The van der Waals surface area contributed by atoms with Crippen molar-refractivity contribution in [2.24, 2.45) is 0 Å². The van der Waals surface area contributed by atoms with Crippen LogP contribution in [0, 0.1) is 0 Å². The number of nitrogens with zero attached hydrogens (tertiary/aromatic N) is 1. The Morgan fingerprint density at radius 1 is 0.949 bits per heavy atom. The van der Waals surface area contributed by atoms with Crippen molar-refractivity contribution in [2.75, 3.05) is 26.9 Å². The molecule has 2 aliphatic carbocycles. The number of aliphatic hydroxyl groups is 2. The van der Waals surface area contributed by atoms with Gasteiger partial charge in [-0.25, -0.2) is 4.79 Å². The number of hydrogen-bond donors (Lipinski definition) is 3. The van der Waals surface area contributed by atoms with E-state index in [0.717, 1.165) is 16.7 Å². The Bertz CT molecular complexity index is 2000. The lowest BCUT2D eigenvalue weighted by Gasteiger charge is -2.34. The fourth-order valence-corrected chi connectivity index (χ4v) is 7.73. The molecule has 3 N–H and O–H groups in total. The molecule has 3 aliphatic rings. The average Bonchev–Trinajstić information content (AvgIpc) is 3.77. The van der Waals surface area contributed by atoms with E-state index in [1.807, 2.05) is 54.6 Å². The van der Waals surface area contributed by atoms with Crippen LogP contribution in [-0.2, 0) is 57.3 Å². The molecule has 1 aliphatic heterocycles. The number of rotatable bonds is 16. The van der Waals surface area contributed by atoms with Gasteiger partial charge in [0.25, 0.3) is 0 Å². The smallest absolute Gasteiger partial charge is 0.339 e. The second-order valence-corrected chi connectivity index (χ2v) is 16.2. The van der Waals surface area contributed by atoms with E-state index >= 15 is 0 Å². The van der Waals surface area contributed by atoms with Gasteiger partial charge in [0.15, 0.2) is 5.79 Å². The first-order valence-corrected chi connectivity index (χ1v) is 20.0. The van der Waals surface area contributed by atoms with Crippen molar-refractivity contribution >= 4 is 29.8 Å². The largest absolute Gasteiger partial charge is 0.499 e. The van der Waals surface area contributed by atoms with Gasteiger partial charge in [-0.1, -0.05) is 72.8 Å². The molecule has 3 aromatic rings. The van der Waals surface area contributed by atoms with Crippen molar-refractivity contribution in [3.05, 3.63) is 125 Å². The molecule has 1 spiro atoms. The van der Waals surface area contributed by atoms with Gasteiger partial charge in [0.1, 0.15) is 36.6 Å². The van der Waals surface area contributed by atoms with Crippen LogP contribution in [-0.4, -0.2) is 108 Å². The van der Waals surface area contributed by atoms with E-state index in [1.165, 1.54) is 11.2 Å². The van der Waals surface area contributed by atoms with Gasteiger partial charge >= 0.3 is 11.9 Å². The Hall–Kier alpha value is -5.34. The van der Waals surface area contributed by atoms with Crippen molar-refractivity contribution in [2.45, 2.75) is 101 Å². The summed E-state index contributed by atoms with van der Waals surface area (Å²) in [6.45, 7) is 4.80. The molecule has 0 radical (unpaired) electrons. The minimum absolute atomic E-state index is 0.0189. The Labute approximate surface area is 344 Å². The highest BCUT2D eigenvalue weighted by atomic mass is 16.8. The molecule has 6 rings (SSSR count). The normalized spacial score (nSPS) is 20.2. The molecular weight excluding hydrogens is 757 g/mol. The van der Waals surface area contributed by atoms with Gasteiger partial charge in [-0.2, -0.15) is 0 Å². The van der Waals surface area contributed by atoms with Crippen LogP contribution >= 0.6 is 0 Å². The number of fused-ring (bicyclic) bond motifs is 2. The van der Waals surface area contributed by atoms with Crippen LogP contribution in [0.15, 0.2) is 96.8 Å². The zero-order chi connectivity index (χ0) is 42.2. The lowest BCUT2D eigenvalue weighted by molar-refractivity contribution is -0.172. The average molecular weight is 811 g/mol. The van der Waals surface area contributed by atoms with E-state index in [9.17, 15) is 24.3 Å². The summed E-state index contributed by atoms with van der Waals surface area (Å²) in [5.41, 5.74) is 3.37. The molecule has 5 unspecified atom stereocenters. The number of carbonyl (C=O) groups is 4. The van der Waals surface area contributed by atoms with E-state index < -0.39 is 72.1 Å². The second-order valence-electron chi connectivity index (χ2n) is 16.2. The molecule has 1 saturated heterocycles. The third kappa shape index (κ3) is 11.0. The molecule has 0 bridgehead atoms. The van der Waals surface area contributed by atoms with Crippen molar-refractivity contribution in [3.8, 4) is 0 Å². The fraction of sp³-hybridized carbons (Fsp3) is 0.435. The molecular formula is C46H54N2O11. The number of benzene rings is 3. The van der Waals surface area contributed by atoms with Crippen molar-refractivity contribution in [1.82, 2.24) is 10.2 Å². The van der Waals surface area contributed by atoms with E-state index in [4.69, 9.17) is 28.8 Å². The lowest BCUT2D eigenvalue weighted by Crippen LogP contribution is -2.53. The minimum atomic E-state index is -1.02. The number of hydrogen-bond acceptors (Lipinski definition) is 11. The standard InChI is InChI=1S/C46H54N2O11/c1-45(2,3)58-40(51)19-18-35(29-50)47-42(52)37(24-30-12-6-5-7-13-30)48(4)43(53)34-25-38(56-44(54)36-17-11-10-14-31(36)20-22-55-23-21-49)41-39(26-34)57-46(59-41)27-32-15-8-9-16-33(32)28-46/h5-17,20,22,26,35,37-39,41,49-50H,18-19,21,23-25,27-29H2,1-4H3,(H,47,52). The molecule has 13 nitrogen and oxygen atoms in total. The molecule has 3 aromatic carbocycles. The number of aliphatic hydroxyl groups excluding tert-OH is 2. The second kappa shape index (κ2) is 19.2. The van der Waals surface area contributed by atoms with Gasteiger partial charge in [0.05, 0.1) is 31.1 Å². The van der Waals surface area contributed by atoms with Gasteiger partial charge in [0.2, 0.25) is 11.8 Å². The minimum Gasteiger partial charge on any atom is -0.499 e. The zero-order valence-corrected chi connectivity index (χ0v) is 34.0. The Balaban J connectivity index is 1.25. The topological polar surface area (TPSA) is 170 Å². The Morgan fingerprint density at radius 2 is 1.63 bits per heavy atom. The third-order valence-electron chi connectivity index (χ3n) is 10.5. The van der Waals surface area contributed by atoms with Gasteiger partial charge in [0, 0.05) is 44.7 Å².